The van der Waals surface area contributed by atoms with E-state index in [0.29, 0.717) is 6.54 Å². The molecule has 3 nitrogen and oxygen atoms in total. The van der Waals surface area contributed by atoms with Gasteiger partial charge in [0.1, 0.15) is 0 Å². The van der Waals surface area contributed by atoms with Crippen LogP contribution in [-0.2, 0) is 6.42 Å². The van der Waals surface area contributed by atoms with E-state index >= 15 is 0 Å². The zero-order chi connectivity index (χ0) is 11.0. The number of pyridine rings is 1. The number of aromatic nitrogens is 2. The molecule has 80 valence electrons. The highest BCUT2D eigenvalue weighted by atomic mass is 14.7. The van der Waals surface area contributed by atoms with Crippen molar-refractivity contribution in [1.29, 1.82) is 0 Å². The van der Waals surface area contributed by atoms with Crippen LogP contribution in [0.4, 0.5) is 0 Å². The highest BCUT2D eigenvalue weighted by molar-refractivity contribution is 6.06. The van der Waals surface area contributed by atoms with Crippen LogP contribution in [0.1, 0.15) is 5.56 Å². The lowest BCUT2D eigenvalue weighted by molar-refractivity contribution is 0.970. The molecule has 3 N–H and O–H groups in total. The SMILES string of the molecule is NCCc1ccc2c(c1)[nH]c1ccncc12. The van der Waals surface area contributed by atoms with Crippen molar-refractivity contribution in [3.63, 3.8) is 0 Å². The number of nitrogens with zero attached hydrogens (tertiary/aromatic N) is 1. The van der Waals surface area contributed by atoms with Crippen LogP contribution in [-0.4, -0.2) is 16.5 Å². The van der Waals surface area contributed by atoms with E-state index in [1.807, 2.05) is 12.3 Å². The molecule has 0 unspecified atom stereocenters. The molecule has 3 rings (SSSR count). The van der Waals surface area contributed by atoms with Gasteiger partial charge in [-0.3, -0.25) is 4.98 Å². The molecule has 0 saturated carbocycles. The predicted molar refractivity (Wildman–Crippen MR) is 66.4 cm³/mol. The maximum atomic E-state index is 5.56. The number of nitrogens with one attached hydrogen (secondary N) is 1. The van der Waals surface area contributed by atoms with E-state index in [9.17, 15) is 0 Å². The van der Waals surface area contributed by atoms with Crippen LogP contribution in [0.25, 0.3) is 21.8 Å². The van der Waals surface area contributed by atoms with Crippen molar-refractivity contribution in [2.45, 2.75) is 6.42 Å². The van der Waals surface area contributed by atoms with Gasteiger partial charge in [0.05, 0.1) is 0 Å². The molecular weight excluding hydrogens is 198 g/mol. The van der Waals surface area contributed by atoms with Gasteiger partial charge in [0.2, 0.25) is 0 Å². The quantitative estimate of drug-likeness (QED) is 0.682. The molecule has 0 radical (unpaired) electrons. The first-order valence-electron chi connectivity index (χ1n) is 5.43. The number of hydrogen-bond donors (Lipinski definition) is 2. The van der Waals surface area contributed by atoms with E-state index in [-0.39, 0.29) is 0 Å². The van der Waals surface area contributed by atoms with Crippen LogP contribution in [0, 0.1) is 0 Å². The summed E-state index contributed by atoms with van der Waals surface area (Å²) in [4.78, 5) is 7.55. The monoisotopic (exact) mass is 211 g/mol. The Labute approximate surface area is 93.3 Å². The molecule has 3 heteroatoms. The highest BCUT2D eigenvalue weighted by Gasteiger charge is 2.04. The molecule has 0 amide bonds. The van der Waals surface area contributed by atoms with Crippen molar-refractivity contribution in [2.24, 2.45) is 5.73 Å². The highest BCUT2D eigenvalue weighted by Crippen LogP contribution is 2.25. The molecular formula is C13H13N3. The molecule has 3 aromatic rings. The van der Waals surface area contributed by atoms with Gasteiger partial charge in [0.15, 0.2) is 0 Å². The van der Waals surface area contributed by atoms with Gasteiger partial charge in [0, 0.05) is 34.2 Å². The fourth-order valence-corrected chi connectivity index (χ4v) is 2.12. The van der Waals surface area contributed by atoms with E-state index in [2.05, 4.69) is 28.2 Å². The molecule has 0 aliphatic carbocycles. The summed E-state index contributed by atoms with van der Waals surface area (Å²) in [5, 5.41) is 2.40. The maximum Gasteiger partial charge on any atom is 0.0495 e. The number of hydrogen-bond acceptors (Lipinski definition) is 2. The zero-order valence-electron chi connectivity index (χ0n) is 8.90. The standard InChI is InChI=1S/C13H13N3/c14-5-3-9-1-2-10-11-8-15-6-4-12(11)16-13(10)7-9/h1-2,4,6-8,16H,3,5,14H2. The molecule has 0 spiro atoms. The Hall–Kier alpha value is -1.87. The summed E-state index contributed by atoms with van der Waals surface area (Å²) in [6.45, 7) is 0.688. The summed E-state index contributed by atoms with van der Waals surface area (Å²) in [7, 11) is 0. The average Bonchev–Trinajstić information content (AvgIpc) is 2.67. The van der Waals surface area contributed by atoms with Gasteiger partial charge in [-0.2, -0.15) is 0 Å². The van der Waals surface area contributed by atoms with Gasteiger partial charge in [-0.1, -0.05) is 12.1 Å². The summed E-state index contributed by atoms with van der Waals surface area (Å²) in [5.74, 6) is 0. The van der Waals surface area contributed by atoms with Crippen molar-refractivity contribution >= 4 is 21.8 Å². The number of aromatic amines is 1. The molecule has 0 bridgehead atoms. The summed E-state index contributed by atoms with van der Waals surface area (Å²) < 4.78 is 0. The first-order valence-corrected chi connectivity index (χ1v) is 5.43. The zero-order valence-corrected chi connectivity index (χ0v) is 8.90. The van der Waals surface area contributed by atoms with Crippen molar-refractivity contribution < 1.29 is 0 Å². The molecule has 0 saturated heterocycles. The Morgan fingerprint density at radius 3 is 2.94 bits per heavy atom. The Morgan fingerprint density at radius 2 is 2.06 bits per heavy atom. The molecule has 0 fully saturated rings. The normalized spacial score (nSPS) is 11.3. The molecule has 1 aromatic carbocycles. The molecule has 2 aromatic heterocycles. The van der Waals surface area contributed by atoms with Crippen LogP contribution in [0.2, 0.25) is 0 Å². The van der Waals surface area contributed by atoms with Gasteiger partial charge in [-0.05, 0) is 30.7 Å². The van der Waals surface area contributed by atoms with Crippen molar-refractivity contribution in [1.82, 2.24) is 9.97 Å². The van der Waals surface area contributed by atoms with Crippen LogP contribution in [0.3, 0.4) is 0 Å². The second kappa shape index (κ2) is 3.61. The third-order valence-electron chi connectivity index (χ3n) is 2.90. The first-order chi connectivity index (χ1) is 7.88. The summed E-state index contributed by atoms with van der Waals surface area (Å²) in [6.07, 6.45) is 4.62. The third kappa shape index (κ3) is 1.37. The van der Waals surface area contributed by atoms with Gasteiger partial charge in [0.25, 0.3) is 0 Å². The number of rotatable bonds is 2. The maximum absolute atomic E-state index is 5.56. The summed E-state index contributed by atoms with van der Waals surface area (Å²) in [5.41, 5.74) is 9.13. The first kappa shape index (κ1) is 9.36. The van der Waals surface area contributed by atoms with Crippen LogP contribution >= 0.6 is 0 Å². The minimum Gasteiger partial charge on any atom is -0.354 e. The minimum atomic E-state index is 0.688. The van der Waals surface area contributed by atoms with Crippen molar-refractivity contribution in [3.05, 3.63) is 42.2 Å². The van der Waals surface area contributed by atoms with Gasteiger partial charge in [-0.15, -0.1) is 0 Å². The Balaban J connectivity index is 2.28. The topological polar surface area (TPSA) is 54.7 Å². The van der Waals surface area contributed by atoms with Crippen molar-refractivity contribution in [2.75, 3.05) is 6.54 Å². The van der Waals surface area contributed by atoms with Crippen LogP contribution < -0.4 is 5.73 Å². The van der Waals surface area contributed by atoms with Gasteiger partial charge in [-0.25, -0.2) is 0 Å². The number of benzene rings is 1. The Kier molecular flexibility index (Phi) is 2.11. The van der Waals surface area contributed by atoms with E-state index in [4.69, 9.17) is 5.73 Å². The fourth-order valence-electron chi connectivity index (χ4n) is 2.12. The van der Waals surface area contributed by atoms with E-state index in [1.54, 1.807) is 6.20 Å². The molecule has 2 heterocycles. The number of H-pyrrole nitrogens is 1. The lowest BCUT2D eigenvalue weighted by atomic mass is 10.1. The van der Waals surface area contributed by atoms with Crippen LogP contribution in [0.15, 0.2) is 36.7 Å². The van der Waals surface area contributed by atoms with Crippen molar-refractivity contribution in [3.8, 4) is 0 Å². The average molecular weight is 211 g/mol. The van der Waals surface area contributed by atoms with Crippen LogP contribution in [0.5, 0.6) is 0 Å². The van der Waals surface area contributed by atoms with E-state index < -0.39 is 0 Å². The molecule has 16 heavy (non-hydrogen) atoms. The molecule has 0 aliphatic rings. The number of fused-ring (bicyclic) bond motifs is 3. The summed E-state index contributed by atoms with van der Waals surface area (Å²) >= 11 is 0. The number of nitrogens with two attached hydrogens (primary N) is 1. The summed E-state index contributed by atoms with van der Waals surface area (Å²) in [6, 6.07) is 8.44. The lowest BCUT2D eigenvalue weighted by Gasteiger charge is -1.98. The van der Waals surface area contributed by atoms with Gasteiger partial charge < -0.3 is 10.7 Å². The van der Waals surface area contributed by atoms with E-state index in [0.717, 1.165) is 17.5 Å². The third-order valence-corrected chi connectivity index (χ3v) is 2.90. The Morgan fingerprint density at radius 1 is 1.12 bits per heavy atom. The fraction of sp³-hybridized carbons (Fsp3) is 0.154. The minimum absolute atomic E-state index is 0.688. The largest absolute Gasteiger partial charge is 0.354 e. The predicted octanol–water partition coefficient (Wildman–Crippen LogP) is 2.22. The van der Waals surface area contributed by atoms with E-state index in [1.165, 1.54) is 16.3 Å². The molecule has 0 aliphatic heterocycles. The molecule has 0 atom stereocenters. The lowest BCUT2D eigenvalue weighted by Crippen LogP contribution is -2.02. The Bertz CT molecular complexity index is 640. The second-order valence-corrected chi connectivity index (χ2v) is 3.96. The smallest absolute Gasteiger partial charge is 0.0495 e. The second-order valence-electron chi connectivity index (χ2n) is 3.96. The van der Waals surface area contributed by atoms with Gasteiger partial charge >= 0.3 is 0 Å².